The van der Waals surface area contributed by atoms with Crippen LogP contribution in [0.1, 0.15) is 20.7 Å². The van der Waals surface area contributed by atoms with Gasteiger partial charge in [0.15, 0.2) is 0 Å². The molecule has 3 rings (SSSR count). The lowest BCUT2D eigenvalue weighted by Crippen LogP contribution is -2.50. The van der Waals surface area contributed by atoms with Gasteiger partial charge in [0.1, 0.15) is 0 Å². The zero-order valence-electron chi connectivity index (χ0n) is 14.0. The van der Waals surface area contributed by atoms with Crippen LogP contribution in [-0.4, -0.2) is 70.9 Å². The molecule has 1 N–H and O–H groups in total. The van der Waals surface area contributed by atoms with E-state index in [0.717, 1.165) is 19.6 Å². The molecule has 7 nitrogen and oxygen atoms in total. The van der Waals surface area contributed by atoms with Gasteiger partial charge in [-0.2, -0.15) is 0 Å². The summed E-state index contributed by atoms with van der Waals surface area (Å²) >= 11 is 0. The van der Waals surface area contributed by atoms with Crippen LogP contribution in [0.4, 0.5) is 0 Å². The summed E-state index contributed by atoms with van der Waals surface area (Å²) in [5, 5.41) is 2.91. The second-order valence-electron chi connectivity index (χ2n) is 5.86. The topological polar surface area (TPSA) is 78.4 Å². The van der Waals surface area contributed by atoms with Crippen LogP contribution in [0.5, 0.6) is 0 Å². The minimum atomic E-state index is -0.0890. The fourth-order valence-electron chi connectivity index (χ4n) is 2.78. The molecule has 2 amide bonds. The lowest BCUT2D eigenvalue weighted by atomic mass is 10.2. The van der Waals surface area contributed by atoms with Crippen LogP contribution in [0.15, 0.2) is 49.1 Å². The van der Waals surface area contributed by atoms with Crippen molar-refractivity contribution in [2.24, 2.45) is 0 Å². The van der Waals surface area contributed by atoms with Crippen LogP contribution in [0, 0.1) is 0 Å². The fourth-order valence-corrected chi connectivity index (χ4v) is 2.78. The molecule has 0 bridgehead atoms. The number of amides is 2. The number of piperazine rings is 1. The molecule has 2 aromatic heterocycles. The maximum absolute atomic E-state index is 12.4. The van der Waals surface area contributed by atoms with Crippen LogP contribution in [0.25, 0.3) is 0 Å². The molecular weight excluding hydrogens is 318 g/mol. The van der Waals surface area contributed by atoms with E-state index in [1.165, 1.54) is 0 Å². The summed E-state index contributed by atoms with van der Waals surface area (Å²) < 4.78 is 0. The first kappa shape index (κ1) is 17.0. The predicted molar refractivity (Wildman–Crippen MR) is 93.2 cm³/mol. The van der Waals surface area contributed by atoms with Crippen LogP contribution in [0.3, 0.4) is 0 Å². The quantitative estimate of drug-likeness (QED) is 0.866. The maximum Gasteiger partial charge on any atom is 0.254 e. The van der Waals surface area contributed by atoms with Gasteiger partial charge in [-0.25, -0.2) is 0 Å². The van der Waals surface area contributed by atoms with E-state index in [1.807, 2.05) is 4.90 Å². The van der Waals surface area contributed by atoms with E-state index in [-0.39, 0.29) is 11.8 Å². The monoisotopic (exact) mass is 339 g/mol. The Kier molecular flexibility index (Phi) is 5.69. The van der Waals surface area contributed by atoms with Gasteiger partial charge in [0.05, 0.1) is 0 Å². The van der Waals surface area contributed by atoms with Gasteiger partial charge in [-0.1, -0.05) is 0 Å². The van der Waals surface area contributed by atoms with Crippen molar-refractivity contribution in [1.82, 2.24) is 25.1 Å². The second-order valence-corrected chi connectivity index (χ2v) is 5.86. The van der Waals surface area contributed by atoms with Gasteiger partial charge in [-0.15, -0.1) is 0 Å². The summed E-state index contributed by atoms with van der Waals surface area (Å²) in [6.07, 6.45) is 6.48. The molecule has 0 unspecified atom stereocenters. The molecule has 0 atom stereocenters. The molecule has 0 saturated carbocycles. The van der Waals surface area contributed by atoms with Crippen LogP contribution < -0.4 is 5.32 Å². The number of hydrogen-bond donors (Lipinski definition) is 1. The number of nitrogens with one attached hydrogen (secondary N) is 1. The molecule has 7 heteroatoms. The molecule has 25 heavy (non-hydrogen) atoms. The van der Waals surface area contributed by atoms with E-state index in [2.05, 4.69) is 20.2 Å². The Balaban J connectivity index is 1.39. The SMILES string of the molecule is O=C(NCCN1CCN(C(=O)c2ccncc2)CC1)c1ccncc1. The Labute approximate surface area is 146 Å². The highest BCUT2D eigenvalue weighted by Gasteiger charge is 2.21. The zero-order valence-corrected chi connectivity index (χ0v) is 14.0. The summed E-state index contributed by atoms with van der Waals surface area (Å²) in [6, 6.07) is 6.87. The van der Waals surface area contributed by atoms with Crippen molar-refractivity contribution in [3.8, 4) is 0 Å². The van der Waals surface area contributed by atoms with Gasteiger partial charge in [0.25, 0.3) is 11.8 Å². The summed E-state index contributed by atoms with van der Waals surface area (Å²) in [7, 11) is 0. The maximum atomic E-state index is 12.4. The van der Waals surface area contributed by atoms with Crippen molar-refractivity contribution in [1.29, 1.82) is 0 Å². The van der Waals surface area contributed by atoms with Crippen LogP contribution in [0.2, 0.25) is 0 Å². The second kappa shape index (κ2) is 8.34. The Morgan fingerprint density at radius 3 is 2.04 bits per heavy atom. The lowest BCUT2D eigenvalue weighted by molar-refractivity contribution is 0.0638. The molecule has 1 aliphatic rings. The third kappa shape index (κ3) is 4.60. The summed E-state index contributed by atoms with van der Waals surface area (Å²) in [5.74, 6) is -0.0399. The minimum Gasteiger partial charge on any atom is -0.351 e. The van der Waals surface area contributed by atoms with Crippen LogP contribution in [-0.2, 0) is 0 Å². The van der Waals surface area contributed by atoms with E-state index in [9.17, 15) is 9.59 Å². The molecule has 1 aliphatic heterocycles. The average Bonchev–Trinajstić information content (AvgIpc) is 2.69. The lowest BCUT2D eigenvalue weighted by Gasteiger charge is -2.34. The van der Waals surface area contributed by atoms with Crippen LogP contribution >= 0.6 is 0 Å². The smallest absolute Gasteiger partial charge is 0.254 e. The summed E-state index contributed by atoms with van der Waals surface area (Å²) in [6.45, 7) is 4.36. The molecule has 0 aliphatic carbocycles. The standard InChI is InChI=1S/C18H21N5O2/c24-17(15-1-5-19-6-2-15)21-9-10-22-11-13-23(14-12-22)18(25)16-3-7-20-8-4-16/h1-8H,9-14H2,(H,21,24). The first-order valence-electron chi connectivity index (χ1n) is 8.34. The number of nitrogens with zero attached hydrogens (tertiary/aromatic N) is 4. The van der Waals surface area contributed by atoms with Gasteiger partial charge < -0.3 is 10.2 Å². The first-order valence-corrected chi connectivity index (χ1v) is 8.34. The Morgan fingerprint density at radius 1 is 0.880 bits per heavy atom. The molecular formula is C18H21N5O2. The number of aromatic nitrogens is 2. The minimum absolute atomic E-state index is 0.0491. The van der Waals surface area contributed by atoms with Crippen molar-refractivity contribution >= 4 is 11.8 Å². The number of hydrogen-bond acceptors (Lipinski definition) is 5. The zero-order chi connectivity index (χ0) is 17.5. The van der Waals surface area contributed by atoms with Gasteiger partial charge in [-0.3, -0.25) is 24.5 Å². The molecule has 0 radical (unpaired) electrons. The Bertz CT molecular complexity index is 697. The summed E-state index contributed by atoms with van der Waals surface area (Å²) in [4.78, 5) is 36.3. The Morgan fingerprint density at radius 2 is 1.44 bits per heavy atom. The van der Waals surface area contributed by atoms with Crippen molar-refractivity contribution in [3.63, 3.8) is 0 Å². The van der Waals surface area contributed by atoms with Gasteiger partial charge in [0.2, 0.25) is 0 Å². The van der Waals surface area contributed by atoms with E-state index < -0.39 is 0 Å². The average molecular weight is 339 g/mol. The molecule has 1 fully saturated rings. The van der Waals surface area contributed by atoms with Crippen molar-refractivity contribution < 1.29 is 9.59 Å². The fraction of sp³-hybridized carbons (Fsp3) is 0.333. The molecule has 0 spiro atoms. The van der Waals surface area contributed by atoms with Gasteiger partial charge in [0, 0.05) is 75.2 Å². The van der Waals surface area contributed by atoms with E-state index in [0.29, 0.717) is 30.8 Å². The normalized spacial score (nSPS) is 15.0. The highest BCUT2D eigenvalue weighted by atomic mass is 16.2. The van der Waals surface area contributed by atoms with Gasteiger partial charge >= 0.3 is 0 Å². The molecule has 3 heterocycles. The highest BCUT2D eigenvalue weighted by molar-refractivity contribution is 5.94. The molecule has 0 aromatic carbocycles. The third-order valence-corrected chi connectivity index (χ3v) is 4.24. The largest absolute Gasteiger partial charge is 0.351 e. The van der Waals surface area contributed by atoms with Crippen molar-refractivity contribution in [2.45, 2.75) is 0 Å². The number of carbonyl (C=O) groups is 2. The van der Waals surface area contributed by atoms with Gasteiger partial charge in [-0.05, 0) is 24.3 Å². The van der Waals surface area contributed by atoms with Crippen molar-refractivity contribution in [2.75, 3.05) is 39.3 Å². The number of pyridine rings is 2. The van der Waals surface area contributed by atoms with E-state index >= 15 is 0 Å². The van der Waals surface area contributed by atoms with Crippen molar-refractivity contribution in [3.05, 3.63) is 60.2 Å². The number of carbonyl (C=O) groups excluding carboxylic acids is 2. The molecule has 130 valence electrons. The first-order chi connectivity index (χ1) is 12.2. The Hall–Kier alpha value is -2.80. The molecule has 1 saturated heterocycles. The third-order valence-electron chi connectivity index (χ3n) is 4.24. The highest BCUT2D eigenvalue weighted by Crippen LogP contribution is 2.07. The van der Waals surface area contributed by atoms with E-state index in [4.69, 9.17) is 0 Å². The number of rotatable bonds is 5. The summed E-state index contributed by atoms with van der Waals surface area (Å²) in [5.41, 5.74) is 1.29. The predicted octanol–water partition coefficient (Wildman–Crippen LogP) is 0.664. The molecule has 2 aromatic rings. The van der Waals surface area contributed by atoms with E-state index in [1.54, 1.807) is 49.1 Å².